The second kappa shape index (κ2) is 6.91. The van der Waals surface area contributed by atoms with Crippen LogP contribution in [0.1, 0.15) is 31.2 Å². The number of sulfonamides is 1. The van der Waals surface area contributed by atoms with Gasteiger partial charge in [-0.15, -0.1) is 0 Å². The third-order valence-corrected chi connectivity index (χ3v) is 5.07. The van der Waals surface area contributed by atoms with Crippen molar-refractivity contribution in [2.75, 3.05) is 0 Å². The Labute approximate surface area is 124 Å². The zero-order valence-corrected chi connectivity index (χ0v) is 12.5. The monoisotopic (exact) mass is 312 g/mol. The van der Waals surface area contributed by atoms with Gasteiger partial charge in [0.15, 0.2) is 0 Å². The number of amides is 1. The highest BCUT2D eigenvalue weighted by Gasteiger charge is 2.29. The number of nitrogens with two attached hydrogens (primary N) is 1. The van der Waals surface area contributed by atoms with E-state index in [2.05, 4.69) is 5.32 Å². The Bertz CT molecular complexity index is 566. The lowest BCUT2D eigenvalue weighted by molar-refractivity contribution is 0.133. The predicted octanol–water partition coefficient (Wildman–Crippen LogP) is 1.51. The molecule has 1 aromatic carbocycles. The summed E-state index contributed by atoms with van der Waals surface area (Å²) >= 11 is 0. The number of hydrogen-bond donors (Lipinski definition) is 2. The Balaban J connectivity index is 1.72. The number of benzene rings is 1. The average molecular weight is 312 g/mol. The van der Waals surface area contributed by atoms with Crippen LogP contribution in [0.4, 0.5) is 4.79 Å². The van der Waals surface area contributed by atoms with Crippen molar-refractivity contribution in [3.8, 4) is 0 Å². The van der Waals surface area contributed by atoms with Gasteiger partial charge in [-0.3, -0.25) is 0 Å². The molecule has 0 radical (unpaired) electrons. The lowest BCUT2D eigenvalue weighted by Gasteiger charge is -2.27. The first-order chi connectivity index (χ1) is 9.95. The minimum atomic E-state index is -3.47. The van der Waals surface area contributed by atoms with Crippen LogP contribution in [0.25, 0.3) is 0 Å². The fourth-order valence-electron chi connectivity index (χ4n) is 2.47. The molecule has 1 amide bonds. The van der Waals surface area contributed by atoms with E-state index in [1.165, 1.54) is 0 Å². The van der Waals surface area contributed by atoms with Crippen molar-refractivity contribution in [3.63, 3.8) is 0 Å². The van der Waals surface area contributed by atoms with Crippen molar-refractivity contribution < 1.29 is 17.9 Å². The molecule has 0 aliphatic heterocycles. The normalized spacial score (nSPS) is 22.5. The summed E-state index contributed by atoms with van der Waals surface area (Å²) in [6.45, 7) is 0.221. The minimum absolute atomic E-state index is 0.0497. The molecule has 0 aromatic heterocycles. The molecule has 0 heterocycles. The summed E-state index contributed by atoms with van der Waals surface area (Å²) in [5.74, 6) is 0. The van der Waals surface area contributed by atoms with Gasteiger partial charge in [-0.05, 0) is 31.2 Å². The van der Waals surface area contributed by atoms with Gasteiger partial charge in [0.1, 0.15) is 6.61 Å². The summed E-state index contributed by atoms with van der Waals surface area (Å²) in [6.07, 6.45) is 1.67. The molecular formula is C14H20N2O4S. The average Bonchev–Trinajstić information content (AvgIpc) is 2.46. The number of carbonyl (C=O) groups excluding carboxylic acids is 1. The maximum Gasteiger partial charge on any atom is 0.407 e. The van der Waals surface area contributed by atoms with Crippen molar-refractivity contribution >= 4 is 16.1 Å². The molecule has 0 atom stereocenters. The van der Waals surface area contributed by atoms with E-state index in [4.69, 9.17) is 9.88 Å². The molecule has 3 N–H and O–H groups in total. The van der Waals surface area contributed by atoms with Gasteiger partial charge >= 0.3 is 6.09 Å². The third kappa shape index (κ3) is 5.02. The van der Waals surface area contributed by atoms with Gasteiger partial charge in [0.25, 0.3) is 0 Å². The quantitative estimate of drug-likeness (QED) is 0.880. The van der Waals surface area contributed by atoms with Gasteiger partial charge in [-0.2, -0.15) is 0 Å². The third-order valence-electron chi connectivity index (χ3n) is 3.67. The van der Waals surface area contributed by atoms with Gasteiger partial charge < -0.3 is 10.1 Å². The molecule has 1 aliphatic carbocycles. The van der Waals surface area contributed by atoms with E-state index in [-0.39, 0.29) is 12.6 Å². The van der Waals surface area contributed by atoms with Crippen LogP contribution in [-0.4, -0.2) is 25.8 Å². The standard InChI is InChI=1S/C14H20N2O4S/c15-21(18,19)13-8-6-12(7-9-13)16-14(17)20-10-11-4-2-1-3-5-11/h1-5,12-13H,6-10H2,(H,16,17)(H2,15,18,19). The van der Waals surface area contributed by atoms with Crippen molar-refractivity contribution in [2.45, 2.75) is 43.6 Å². The first-order valence-electron chi connectivity index (χ1n) is 6.94. The molecule has 1 aliphatic rings. The van der Waals surface area contributed by atoms with Crippen molar-refractivity contribution in [3.05, 3.63) is 35.9 Å². The second-order valence-electron chi connectivity index (χ2n) is 5.27. The Morgan fingerprint density at radius 2 is 1.81 bits per heavy atom. The van der Waals surface area contributed by atoms with E-state index < -0.39 is 21.4 Å². The second-order valence-corrected chi connectivity index (χ2v) is 7.11. The molecule has 0 bridgehead atoms. The molecular weight excluding hydrogens is 292 g/mol. The number of carbonyl (C=O) groups is 1. The van der Waals surface area contributed by atoms with Gasteiger partial charge in [0, 0.05) is 6.04 Å². The Morgan fingerprint density at radius 1 is 1.19 bits per heavy atom. The molecule has 116 valence electrons. The SMILES string of the molecule is NS(=O)(=O)C1CCC(NC(=O)OCc2ccccc2)CC1. The Hall–Kier alpha value is -1.60. The first kappa shape index (κ1) is 15.8. The summed E-state index contributed by atoms with van der Waals surface area (Å²) in [7, 11) is -3.47. The van der Waals surface area contributed by atoms with Crippen molar-refractivity contribution in [2.24, 2.45) is 5.14 Å². The van der Waals surface area contributed by atoms with Crippen LogP contribution in [0, 0.1) is 0 Å². The number of rotatable bonds is 4. The number of primary sulfonamides is 1. The first-order valence-corrected chi connectivity index (χ1v) is 8.55. The van der Waals surface area contributed by atoms with E-state index in [0.29, 0.717) is 25.7 Å². The zero-order valence-electron chi connectivity index (χ0n) is 11.7. The van der Waals surface area contributed by atoms with Crippen LogP contribution in [0.5, 0.6) is 0 Å². The summed E-state index contributed by atoms with van der Waals surface area (Å²) in [5, 5.41) is 7.40. The van der Waals surface area contributed by atoms with E-state index in [1.807, 2.05) is 30.3 Å². The molecule has 7 heteroatoms. The maximum absolute atomic E-state index is 11.7. The number of alkyl carbamates (subject to hydrolysis) is 1. The molecule has 6 nitrogen and oxygen atoms in total. The van der Waals surface area contributed by atoms with E-state index >= 15 is 0 Å². The van der Waals surface area contributed by atoms with E-state index in [0.717, 1.165) is 5.56 Å². The molecule has 1 saturated carbocycles. The fourth-order valence-corrected chi connectivity index (χ4v) is 3.40. The van der Waals surface area contributed by atoms with Crippen LogP contribution in [0.15, 0.2) is 30.3 Å². The van der Waals surface area contributed by atoms with Crippen LogP contribution >= 0.6 is 0 Å². The number of nitrogens with one attached hydrogen (secondary N) is 1. The summed E-state index contributed by atoms with van der Waals surface area (Å²) in [5.41, 5.74) is 0.922. The fraction of sp³-hybridized carbons (Fsp3) is 0.500. The van der Waals surface area contributed by atoms with Crippen LogP contribution in [-0.2, 0) is 21.4 Å². The molecule has 1 aromatic rings. The lowest BCUT2D eigenvalue weighted by atomic mass is 9.95. The summed E-state index contributed by atoms with van der Waals surface area (Å²) in [4.78, 5) is 11.7. The molecule has 0 spiro atoms. The Kier molecular flexibility index (Phi) is 5.19. The van der Waals surface area contributed by atoms with Crippen molar-refractivity contribution in [1.29, 1.82) is 0 Å². The topological polar surface area (TPSA) is 98.5 Å². The predicted molar refractivity (Wildman–Crippen MR) is 78.9 cm³/mol. The van der Waals surface area contributed by atoms with Gasteiger partial charge in [0.2, 0.25) is 10.0 Å². The van der Waals surface area contributed by atoms with Crippen LogP contribution in [0.2, 0.25) is 0 Å². The largest absolute Gasteiger partial charge is 0.445 e. The van der Waals surface area contributed by atoms with Crippen LogP contribution < -0.4 is 10.5 Å². The van der Waals surface area contributed by atoms with E-state index in [9.17, 15) is 13.2 Å². The van der Waals surface area contributed by atoms with Gasteiger partial charge in [-0.1, -0.05) is 30.3 Å². The molecule has 21 heavy (non-hydrogen) atoms. The number of hydrogen-bond acceptors (Lipinski definition) is 4. The van der Waals surface area contributed by atoms with Crippen molar-refractivity contribution in [1.82, 2.24) is 5.32 Å². The zero-order chi connectivity index (χ0) is 15.3. The highest BCUT2D eigenvalue weighted by Crippen LogP contribution is 2.22. The molecule has 1 fully saturated rings. The number of ether oxygens (including phenoxy) is 1. The maximum atomic E-state index is 11.7. The summed E-state index contributed by atoms with van der Waals surface area (Å²) in [6, 6.07) is 9.37. The summed E-state index contributed by atoms with van der Waals surface area (Å²) < 4.78 is 27.6. The smallest absolute Gasteiger partial charge is 0.407 e. The molecule has 0 unspecified atom stereocenters. The highest BCUT2D eigenvalue weighted by molar-refractivity contribution is 7.89. The van der Waals surface area contributed by atoms with Gasteiger partial charge in [-0.25, -0.2) is 18.4 Å². The van der Waals surface area contributed by atoms with Crippen LogP contribution in [0.3, 0.4) is 0 Å². The van der Waals surface area contributed by atoms with E-state index in [1.54, 1.807) is 0 Å². The van der Waals surface area contributed by atoms with Gasteiger partial charge in [0.05, 0.1) is 5.25 Å². The Morgan fingerprint density at radius 3 is 2.38 bits per heavy atom. The molecule has 0 saturated heterocycles. The lowest BCUT2D eigenvalue weighted by Crippen LogP contribution is -2.41. The minimum Gasteiger partial charge on any atom is -0.445 e. The highest BCUT2D eigenvalue weighted by atomic mass is 32.2. The molecule has 2 rings (SSSR count).